The number of pyridine rings is 1. The van der Waals surface area contributed by atoms with Crippen molar-refractivity contribution in [1.82, 2.24) is 24.6 Å². The van der Waals surface area contributed by atoms with E-state index >= 15 is 0 Å². The summed E-state index contributed by atoms with van der Waals surface area (Å²) in [6.07, 6.45) is 3.32. The van der Waals surface area contributed by atoms with Gasteiger partial charge in [-0.2, -0.15) is 5.10 Å². The molecule has 0 unspecified atom stereocenters. The van der Waals surface area contributed by atoms with Crippen molar-refractivity contribution in [2.45, 2.75) is 6.92 Å². The molecule has 3 heterocycles. The fraction of sp³-hybridized carbons (Fsp3) is 0.0476. The highest BCUT2D eigenvalue weighted by molar-refractivity contribution is 5.89. The number of nitrogens with two attached hydrogens (primary N) is 1. The fourth-order valence-corrected chi connectivity index (χ4v) is 3.12. The predicted octanol–water partition coefficient (Wildman–Crippen LogP) is 4.02. The number of anilines is 1. The smallest absolute Gasteiger partial charge is 0.162 e. The highest BCUT2D eigenvalue weighted by Crippen LogP contribution is 2.30. The van der Waals surface area contributed by atoms with Crippen LogP contribution in [-0.2, 0) is 0 Å². The molecular weight excluding hydrogens is 352 g/mol. The van der Waals surface area contributed by atoms with Crippen LogP contribution in [0.15, 0.2) is 67.1 Å². The number of hydrogen-bond donors (Lipinski definition) is 1. The number of nitrogens with zero attached hydrogens (tertiary/aromatic N) is 5. The summed E-state index contributed by atoms with van der Waals surface area (Å²) in [5.41, 5.74) is 9.52. The lowest BCUT2D eigenvalue weighted by Gasteiger charge is -2.11. The number of benzene rings is 2. The lowest BCUT2D eigenvalue weighted by atomic mass is 10.1. The maximum Gasteiger partial charge on any atom is 0.162 e. The van der Waals surface area contributed by atoms with E-state index in [0.717, 1.165) is 33.4 Å². The predicted molar refractivity (Wildman–Crippen MR) is 107 cm³/mol. The van der Waals surface area contributed by atoms with Gasteiger partial charge < -0.3 is 10.5 Å². The molecule has 0 fully saturated rings. The van der Waals surface area contributed by atoms with Crippen LogP contribution in [0.3, 0.4) is 0 Å². The Kier molecular flexibility index (Phi) is 3.65. The average Bonchev–Trinajstić information content (AvgIpc) is 3.17. The second-order valence-corrected chi connectivity index (χ2v) is 6.46. The van der Waals surface area contributed by atoms with E-state index < -0.39 is 0 Å². The van der Waals surface area contributed by atoms with Crippen molar-refractivity contribution in [3.63, 3.8) is 0 Å². The van der Waals surface area contributed by atoms with Crippen LogP contribution in [0, 0.1) is 6.92 Å². The van der Waals surface area contributed by atoms with Crippen molar-refractivity contribution < 1.29 is 4.74 Å². The van der Waals surface area contributed by atoms with E-state index in [4.69, 9.17) is 10.5 Å². The molecule has 0 atom stereocenters. The summed E-state index contributed by atoms with van der Waals surface area (Å²) < 4.78 is 7.71. The van der Waals surface area contributed by atoms with Crippen molar-refractivity contribution in [3.05, 3.63) is 72.7 Å². The van der Waals surface area contributed by atoms with Crippen molar-refractivity contribution in [2.24, 2.45) is 0 Å². The zero-order chi connectivity index (χ0) is 19.1. The Morgan fingerprint density at radius 1 is 1.00 bits per heavy atom. The van der Waals surface area contributed by atoms with Gasteiger partial charge >= 0.3 is 0 Å². The molecule has 7 nitrogen and oxygen atoms in total. The molecule has 0 aliphatic carbocycles. The van der Waals surface area contributed by atoms with Gasteiger partial charge in [0.2, 0.25) is 0 Å². The maximum atomic E-state index is 6.11. The maximum absolute atomic E-state index is 6.11. The molecular formula is C21H16N6O. The van der Waals surface area contributed by atoms with Crippen LogP contribution in [0.5, 0.6) is 11.5 Å². The number of aryl methyl sites for hydroxylation is 1. The summed E-state index contributed by atoms with van der Waals surface area (Å²) in [6.45, 7) is 1.98. The van der Waals surface area contributed by atoms with E-state index in [0.29, 0.717) is 17.4 Å². The van der Waals surface area contributed by atoms with Gasteiger partial charge in [0.25, 0.3) is 0 Å². The van der Waals surface area contributed by atoms with E-state index in [-0.39, 0.29) is 0 Å². The normalized spacial score (nSPS) is 11.2. The second-order valence-electron chi connectivity index (χ2n) is 6.46. The van der Waals surface area contributed by atoms with Crippen LogP contribution in [0.25, 0.3) is 27.9 Å². The van der Waals surface area contributed by atoms with Crippen LogP contribution in [0.4, 0.5) is 5.82 Å². The molecule has 0 saturated heterocycles. The van der Waals surface area contributed by atoms with Gasteiger partial charge in [-0.05, 0) is 48.9 Å². The van der Waals surface area contributed by atoms with Gasteiger partial charge in [-0.15, -0.1) is 0 Å². The lowest BCUT2D eigenvalue weighted by Crippen LogP contribution is -1.98. The van der Waals surface area contributed by atoms with Crippen LogP contribution in [0.1, 0.15) is 5.56 Å². The van der Waals surface area contributed by atoms with Crippen LogP contribution >= 0.6 is 0 Å². The second kappa shape index (κ2) is 6.31. The first-order valence-corrected chi connectivity index (χ1v) is 8.78. The van der Waals surface area contributed by atoms with Crippen LogP contribution in [0.2, 0.25) is 0 Å². The molecule has 5 aromatic rings. The molecule has 0 spiro atoms. The first-order chi connectivity index (χ1) is 13.7. The minimum absolute atomic E-state index is 0.472. The monoisotopic (exact) mass is 368 g/mol. The molecule has 136 valence electrons. The number of fused-ring (bicyclic) bond motifs is 2. The highest BCUT2D eigenvalue weighted by atomic mass is 16.5. The molecule has 0 aliphatic rings. The molecule has 0 radical (unpaired) electrons. The van der Waals surface area contributed by atoms with E-state index in [1.807, 2.05) is 67.7 Å². The first kappa shape index (κ1) is 16.2. The minimum Gasteiger partial charge on any atom is -0.457 e. The third kappa shape index (κ3) is 2.79. The number of aromatic nitrogens is 5. The summed E-state index contributed by atoms with van der Waals surface area (Å²) in [4.78, 5) is 13.3. The number of ether oxygens (including phenoxy) is 1. The Morgan fingerprint density at radius 3 is 2.79 bits per heavy atom. The number of rotatable bonds is 3. The SMILES string of the molecule is Cc1cc(-c2nc(N)c3ccccc3n2)ccc1Oc1ccn2ncnc2c1. The van der Waals surface area contributed by atoms with Crippen molar-refractivity contribution in [3.8, 4) is 22.9 Å². The van der Waals surface area contributed by atoms with E-state index in [2.05, 4.69) is 20.1 Å². The molecule has 0 saturated carbocycles. The van der Waals surface area contributed by atoms with Crippen molar-refractivity contribution in [2.75, 3.05) is 5.73 Å². The first-order valence-electron chi connectivity index (χ1n) is 8.78. The van der Waals surface area contributed by atoms with Crippen molar-refractivity contribution in [1.29, 1.82) is 0 Å². The van der Waals surface area contributed by atoms with Gasteiger partial charge in [-0.25, -0.2) is 19.5 Å². The molecule has 7 heteroatoms. The Morgan fingerprint density at radius 2 is 1.89 bits per heavy atom. The van der Waals surface area contributed by atoms with Gasteiger partial charge in [0.1, 0.15) is 23.6 Å². The topological polar surface area (TPSA) is 91.2 Å². The summed E-state index contributed by atoms with van der Waals surface area (Å²) in [7, 11) is 0. The van der Waals surface area contributed by atoms with Crippen molar-refractivity contribution >= 4 is 22.4 Å². The molecule has 0 aliphatic heterocycles. The molecule has 28 heavy (non-hydrogen) atoms. The third-order valence-corrected chi connectivity index (χ3v) is 4.55. The quantitative estimate of drug-likeness (QED) is 0.517. The largest absolute Gasteiger partial charge is 0.457 e. The Balaban J connectivity index is 1.49. The van der Waals surface area contributed by atoms with E-state index in [1.54, 1.807) is 4.52 Å². The zero-order valence-electron chi connectivity index (χ0n) is 15.1. The lowest BCUT2D eigenvalue weighted by molar-refractivity contribution is 0.478. The summed E-state index contributed by atoms with van der Waals surface area (Å²) in [5.74, 6) is 2.51. The zero-order valence-corrected chi connectivity index (χ0v) is 15.1. The number of para-hydroxylation sites is 1. The minimum atomic E-state index is 0.472. The summed E-state index contributed by atoms with van der Waals surface area (Å²) >= 11 is 0. The van der Waals surface area contributed by atoms with Crippen LogP contribution in [-0.4, -0.2) is 24.6 Å². The fourth-order valence-electron chi connectivity index (χ4n) is 3.12. The molecule has 2 N–H and O–H groups in total. The van der Waals surface area contributed by atoms with Gasteiger partial charge in [0, 0.05) is 23.2 Å². The third-order valence-electron chi connectivity index (χ3n) is 4.55. The standard InChI is InChI=1S/C21H16N6O/c1-13-10-14(21-25-17-5-3-2-4-16(17)20(22)26-21)6-7-18(13)28-15-8-9-27-19(11-15)23-12-24-27/h2-12H,1H3,(H2,22,25,26). The van der Waals surface area contributed by atoms with Crippen LogP contribution < -0.4 is 10.5 Å². The Labute approximate surface area is 160 Å². The van der Waals surface area contributed by atoms with Gasteiger partial charge in [-0.1, -0.05) is 12.1 Å². The van der Waals surface area contributed by atoms with E-state index in [9.17, 15) is 0 Å². The Hall–Kier alpha value is -4.00. The molecule has 2 aromatic carbocycles. The molecule has 3 aromatic heterocycles. The summed E-state index contributed by atoms with van der Waals surface area (Å²) in [6, 6.07) is 17.2. The Bertz CT molecular complexity index is 1330. The number of nitrogen functional groups attached to an aromatic ring is 1. The average molecular weight is 368 g/mol. The molecule has 0 bridgehead atoms. The van der Waals surface area contributed by atoms with Gasteiger partial charge in [0.15, 0.2) is 11.5 Å². The molecule has 0 amide bonds. The molecule has 5 rings (SSSR count). The van der Waals surface area contributed by atoms with Gasteiger partial charge in [0.05, 0.1) is 5.52 Å². The van der Waals surface area contributed by atoms with Gasteiger partial charge in [-0.3, -0.25) is 0 Å². The van der Waals surface area contributed by atoms with E-state index in [1.165, 1.54) is 6.33 Å². The number of hydrogen-bond acceptors (Lipinski definition) is 6. The summed E-state index contributed by atoms with van der Waals surface area (Å²) in [5, 5.41) is 4.94. The highest BCUT2D eigenvalue weighted by Gasteiger charge is 2.10.